The number of alkyl halides is 1. The van der Waals surface area contributed by atoms with E-state index in [9.17, 15) is 24.0 Å². The minimum absolute atomic E-state index is 0.296. The summed E-state index contributed by atoms with van der Waals surface area (Å²) in [4.78, 5) is 58.2. The Morgan fingerprint density at radius 1 is 1.07 bits per heavy atom. The van der Waals surface area contributed by atoms with E-state index >= 15 is 0 Å². The molecule has 0 fully saturated rings. The van der Waals surface area contributed by atoms with Crippen molar-refractivity contribution in [2.45, 2.75) is 57.4 Å². The van der Waals surface area contributed by atoms with Gasteiger partial charge in [-0.3, -0.25) is 19.2 Å². The van der Waals surface area contributed by atoms with E-state index in [0.29, 0.717) is 0 Å². The molecule has 0 saturated heterocycles. The number of ether oxygens (including phenoxy) is 5. The Kier molecular flexibility index (Phi) is 9.57. The monoisotopic (exact) mass is 449 g/mol. The van der Waals surface area contributed by atoms with Crippen molar-refractivity contribution >= 4 is 41.4 Å². The standard InChI is InChI=1S/C18H24ClNO10/c1-8(21)20-15-12(19)6-13(18(25)26-5)30-17(15)16(29-11(4)24)14(28-10(3)23)7-27-9(2)22/h6,12,14-17H,7H2,1-5H3,(H,20,21)/t12-,14+,15+,16+,17+/m0/s1. The number of rotatable bonds is 8. The van der Waals surface area contributed by atoms with Crippen molar-refractivity contribution in [3.8, 4) is 0 Å². The van der Waals surface area contributed by atoms with Crippen molar-refractivity contribution in [2.24, 2.45) is 0 Å². The normalized spacial score (nSPS) is 22.3. The number of amides is 1. The third-order valence-corrected chi connectivity index (χ3v) is 4.19. The predicted octanol–water partition coefficient (Wildman–Crippen LogP) is -0.0193. The molecule has 1 aliphatic heterocycles. The summed E-state index contributed by atoms with van der Waals surface area (Å²) in [6.45, 7) is 4.07. The van der Waals surface area contributed by atoms with Gasteiger partial charge in [-0.15, -0.1) is 11.6 Å². The number of methoxy groups -OCH3 is 1. The summed E-state index contributed by atoms with van der Waals surface area (Å²) in [6, 6.07) is -1.00. The number of hydrogen-bond acceptors (Lipinski definition) is 10. The molecule has 1 amide bonds. The molecule has 1 aliphatic rings. The number of nitrogens with one attached hydrogen (secondary N) is 1. The van der Waals surface area contributed by atoms with Crippen LogP contribution in [0.2, 0.25) is 0 Å². The molecular weight excluding hydrogens is 426 g/mol. The number of esters is 4. The lowest BCUT2D eigenvalue weighted by Crippen LogP contribution is -2.60. The summed E-state index contributed by atoms with van der Waals surface area (Å²) in [5.74, 6) is -3.87. The molecule has 0 unspecified atom stereocenters. The van der Waals surface area contributed by atoms with Gasteiger partial charge in [-0.05, 0) is 6.08 Å². The quantitative estimate of drug-likeness (QED) is 0.305. The maximum absolute atomic E-state index is 12.0. The topological polar surface area (TPSA) is 144 Å². The van der Waals surface area contributed by atoms with Gasteiger partial charge >= 0.3 is 23.9 Å². The maximum atomic E-state index is 12.0. The van der Waals surface area contributed by atoms with Crippen LogP contribution in [0.15, 0.2) is 11.8 Å². The van der Waals surface area contributed by atoms with Crippen molar-refractivity contribution in [2.75, 3.05) is 13.7 Å². The Morgan fingerprint density at radius 2 is 1.67 bits per heavy atom. The summed E-state index contributed by atoms with van der Waals surface area (Å²) in [5.41, 5.74) is 0. The van der Waals surface area contributed by atoms with Crippen LogP contribution in [0.1, 0.15) is 27.7 Å². The highest BCUT2D eigenvalue weighted by atomic mass is 35.5. The Morgan fingerprint density at radius 3 is 2.13 bits per heavy atom. The van der Waals surface area contributed by atoms with Crippen LogP contribution < -0.4 is 5.32 Å². The van der Waals surface area contributed by atoms with Crippen LogP contribution in [0.25, 0.3) is 0 Å². The van der Waals surface area contributed by atoms with Gasteiger partial charge in [-0.1, -0.05) is 0 Å². The molecule has 0 spiro atoms. The Balaban J connectivity index is 3.41. The molecule has 11 nitrogen and oxygen atoms in total. The van der Waals surface area contributed by atoms with Gasteiger partial charge in [0, 0.05) is 27.7 Å². The van der Waals surface area contributed by atoms with Crippen LogP contribution in [0.5, 0.6) is 0 Å². The van der Waals surface area contributed by atoms with Crippen molar-refractivity contribution in [3.63, 3.8) is 0 Å². The molecule has 0 saturated carbocycles. The highest BCUT2D eigenvalue weighted by Crippen LogP contribution is 2.29. The molecule has 12 heteroatoms. The van der Waals surface area contributed by atoms with E-state index in [-0.39, 0.29) is 5.76 Å². The minimum Gasteiger partial charge on any atom is -0.477 e. The molecule has 0 aromatic rings. The van der Waals surface area contributed by atoms with Gasteiger partial charge in [0.25, 0.3) is 0 Å². The summed E-state index contributed by atoms with van der Waals surface area (Å²) in [7, 11) is 1.12. The number of halogens is 1. The lowest BCUT2D eigenvalue weighted by atomic mass is 9.95. The second-order valence-electron chi connectivity index (χ2n) is 6.30. The minimum atomic E-state index is -1.41. The molecule has 0 bridgehead atoms. The fourth-order valence-corrected chi connectivity index (χ4v) is 3.05. The Labute approximate surface area is 177 Å². The molecule has 168 valence electrons. The van der Waals surface area contributed by atoms with E-state index in [1.165, 1.54) is 13.0 Å². The van der Waals surface area contributed by atoms with Crippen molar-refractivity contribution in [1.82, 2.24) is 5.32 Å². The van der Waals surface area contributed by atoms with Gasteiger partial charge in [0.1, 0.15) is 6.61 Å². The Bertz CT molecular complexity index is 722. The zero-order valence-electron chi connectivity index (χ0n) is 17.1. The molecule has 0 aromatic heterocycles. The average molecular weight is 450 g/mol. The average Bonchev–Trinajstić information content (AvgIpc) is 2.63. The molecule has 1 rings (SSSR count). The summed E-state index contributed by atoms with van der Waals surface area (Å²) >= 11 is 6.32. The first-order chi connectivity index (χ1) is 14.0. The van der Waals surface area contributed by atoms with Crippen LogP contribution >= 0.6 is 11.6 Å². The largest absolute Gasteiger partial charge is 0.477 e. The first-order valence-electron chi connectivity index (χ1n) is 8.82. The van der Waals surface area contributed by atoms with Crippen molar-refractivity contribution in [3.05, 3.63) is 11.8 Å². The molecule has 0 aromatic carbocycles. The molecule has 0 aliphatic carbocycles. The van der Waals surface area contributed by atoms with Crippen LogP contribution in [-0.2, 0) is 47.7 Å². The number of hydrogen-bond donors (Lipinski definition) is 1. The molecule has 0 radical (unpaired) electrons. The number of carbonyl (C=O) groups excluding carboxylic acids is 5. The zero-order valence-corrected chi connectivity index (χ0v) is 17.9. The fraction of sp³-hybridized carbons (Fsp3) is 0.611. The fourth-order valence-electron chi connectivity index (χ4n) is 2.73. The van der Waals surface area contributed by atoms with Crippen LogP contribution in [0, 0.1) is 0 Å². The molecule has 1 heterocycles. The third kappa shape index (κ3) is 7.54. The second kappa shape index (κ2) is 11.4. The van der Waals surface area contributed by atoms with E-state index in [2.05, 4.69) is 10.1 Å². The zero-order chi connectivity index (χ0) is 23.0. The second-order valence-corrected chi connectivity index (χ2v) is 6.80. The summed E-state index contributed by atoms with van der Waals surface area (Å²) < 4.78 is 25.6. The van der Waals surface area contributed by atoms with Crippen LogP contribution in [0.4, 0.5) is 0 Å². The number of carbonyl (C=O) groups is 5. The third-order valence-electron chi connectivity index (χ3n) is 3.79. The maximum Gasteiger partial charge on any atom is 0.373 e. The van der Waals surface area contributed by atoms with Gasteiger partial charge in [0.2, 0.25) is 11.7 Å². The smallest absolute Gasteiger partial charge is 0.373 e. The van der Waals surface area contributed by atoms with Gasteiger partial charge in [-0.2, -0.15) is 0 Å². The highest BCUT2D eigenvalue weighted by molar-refractivity contribution is 6.23. The first-order valence-corrected chi connectivity index (χ1v) is 9.25. The predicted molar refractivity (Wildman–Crippen MR) is 100.0 cm³/mol. The van der Waals surface area contributed by atoms with Crippen LogP contribution in [0.3, 0.4) is 0 Å². The summed E-state index contributed by atoms with van der Waals surface area (Å²) in [5, 5.41) is 1.57. The van der Waals surface area contributed by atoms with Crippen molar-refractivity contribution in [1.29, 1.82) is 0 Å². The highest BCUT2D eigenvalue weighted by Gasteiger charge is 2.47. The van der Waals surface area contributed by atoms with E-state index in [1.54, 1.807) is 0 Å². The van der Waals surface area contributed by atoms with Gasteiger partial charge in [0.05, 0.1) is 18.5 Å². The summed E-state index contributed by atoms with van der Waals surface area (Å²) in [6.07, 6.45) is -2.80. The van der Waals surface area contributed by atoms with Crippen molar-refractivity contribution < 1.29 is 47.7 Å². The Hall–Kier alpha value is -2.82. The SMILES string of the molecule is COC(=O)C1=C[C@H](Cl)[C@@H](NC(C)=O)[C@H]([C@H](OC(C)=O)[C@@H](COC(C)=O)OC(C)=O)O1. The lowest BCUT2D eigenvalue weighted by Gasteiger charge is -2.40. The van der Waals surface area contributed by atoms with E-state index in [0.717, 1.165) is 27.9 Å². The first kappa shape index (κ1) is 25.2. The van der Waals surface area contributed by atoms with Gasteiger partial charge in [0.15, 0.2) is 18.3 Å². The van der Waals surface area contributed by atoms with Crippen LogP contribution in [-0.4, -0.2) is 73.2 Å². The van der Waals surface area contributed by atoms with Gasteiger partial charge in [-0.25, -0.2) is 4.79 Å². The molecular formula is C18H24ClNO10. The molecule has 30 heavy (non-hydrogen) atoms. The molecule has 1 N–H and O–H groups in total. The van der Waals surface area contributed by atoms with E-state index in [1.807, 2.05) is 0 Å². The lowest BCUT2D eigenvalue weighted by molar-refractivity contribution is -0.187. The van der Waals surface area contributed by atoms with Gasteiger partial charge < -0.3 is 29.0 Å². The molecule has 5 atom stereocenters. The van der Waals surface area contributed by atoms with E-state index < -0.39 is 66.1 Å². The van der Waals surface area contributed by atoms with E-state index in [4.69, 9.17) is 30.5 Å².